The fraction of sp³-hybridized carbons (Fsp3) is 0.500. The first kappa shape index (κ1) is 21.4. The zero-order valence-corrected chi connectivity index (χ0v) is 15.1. The van der Waals surface area contributed by atoms with Gasteiger partial charge in [0, 0.05) is 18.7 Å². The van der Waals surface area contributed by atoms with Crippen LogP contribution in [0.4, 0.5) is 5.69 Å². The average molecular weight is 366 g/mol. The second-order valence-corrected chi connectivity index (χ2v) is 6.16. The van der Waals surface area contributed by atoms with E-state index in [2.05, 4.69) is 17.1 Å². The van der Waals surface area contributed by atoms with Crippen molar-refractivity contribution in [3.05, 3.63) is 24.3 Å². The van der Waals surface area contributed by atoms with Gasteiger partial charge in [-0.3, -0.25) is 4.79 Å². The third-order valence-electron chi connectivity index (χ3n) is 4.09. The summed E-state index contributed by atoms with van der Waals surface area (Å²) in [6.45, 7) is 5.40. The second-order valence-electron chi connectivity index (χ2n) is 6.16. The van der Waals surface area contributed by atoms with Crippen LogP contribution in [0.25, 0.3) is 0 Å². The lowest BCUT2D eigenvalue weighted by molar-refractivity contribution is -0.159. The van der Waals surface area contributed by atoms with Gasteiger partial charge in [-0.15, -0.1) is 0 Å². The lowest BCUT2D eigenvalue weighted by Crippen LogP contribution is -2.35. The van der Waals surface area contributed by atoms with Crippen LogP contribution in [0.15, 0.2) is 24.3 Å². The lowest BCUT2D eigenvalue weighted by Gasteiger charge is -2.29. The molecule has 8 heteroatoms. The number of carboxylic acid groups (broad SMARTS) is 2. The van der Waals surface area contributed by atoms with E-state index >= 15 is 0 Å². The molecule has 0 saturated carbocycles. The highest BCUT2D eigenvalue weighted by Gasteiger charge is 2.16. The summed E-state index contributed by atoms with van der Waals surface area (Å²) < 4.78 is 5.09. The molecule has 1 amide bonds. The number of rotatable bonds is 5. The van der Waals surface area contributed by atoms with Crippen molar-refractivity contribution in [3.63, 3.8) is 0 Å². The second kappa shape index (κ2) is 11.1. The van der Waals surface area contributed by atoms with Crippen LogP contribution in [0.5, 0.6) is 5.75 Å². The van der Waals surface area contributed by atoms with Crippen molar-refractivity contribution in [1.29, 1.82) is 0 Å². The van der Waals surface area contributed by atoms with Crippen LogP contribution in [0, 0.1) is 5.92 Å². The predicted molar refractivity (Wildman–Crippen MR) is 96.4 cm³/mol. The number of likely N-dealkylation sites (tertiary alicyclic amines) is 1. The molecular weight excluding hydrogens is 340 g/mol. The number of benzene rings is 1. The van der Waals surface area contributed by atoms with Crippen LogP contribution in [0.2, 0.25) is 0 Å². The number of carboxylic acids is 2. The minimum absolute atomic E-state index is 0.0776. The van der Waals surface area contributed by atoms with Gasteiger partial charge in [-0.2, -0.15) is 0 Å². The molecule has 0 aromatic heterocycles. The molecule has 1 aliphatic heterocycles. The van der Waals surface area contributed by atoms with Crippen LogP contribution in [0.1, 0.15) is 26.2 Å². The highest BCUT2D eigenvalue weighted by atomic mass is 16.5. The molecule has 1 aromatic carbocycles. The smallest absolute Gasteiger partial charge is 0.414 e. The topological polar surface area (TPSA) is 116 Å². The minimum atomic E-state index is -1.82. The van der Waals surface area contributed by atoms with Gasteiger partial charge in [-0.25, -0.2) is 9.59 Å². The molecule has 0 unspecified atom stereocenters. The third kappa shape index (κ3) is 8.48. The first-order valence-corrected chi connectivity index (χ1v) is 8.44. The Hall–Kier alpha value is -2.61. The van der Waals surface area contributed by atoms with Gasteiger partial charge in [0.25, 0.3) is 0 Å². The number of hydrogen-bond acceptors (Lipinski definition) is 5. The molecule has 0 spiro atoms. The van der Waals surface area contributed by atoms with Gasteiger partial charge >= 0.3 is 11.9 Å². The Morgan fingerprint density at radius 1 is 1.12 bits per heavy atom. The molecule has 26 heavy (non-hydrogen) atoms. The molecule has 1 saturated heterocycles. The number of hydrogen-bond donors (Lipinski definition) is 3. The van der Waals surface area contributed by atoms with E-state index < -0.39 is 11.9 Å². The first-order valence-electron chi connectivity index (χ1n) is 8.44. The van der Waals surface area contributed by atoms with E-state index in [1.807, 2.05) is 24.3 Å². The largest absolute Gasteiger partial charge is 0.497 e. The van der Waals surface area contributed by atoms with E-state index in [-0.39, 0.29) is 5.91 Å². The molecule has 0 radical (unpaired) electrons. The number of nitrogens with zero attached hydrogens (tertiary/aromatic N) is 1. The molecule has 3 N–H and O–H groups in total. The number of carbonyl (C=O) groups excluding carboxylic acids is 1. The number of aliphatic carboxylic acids is 2. The van der Waals surface area contributed by atoms with Crippen LogP contribution >= 0.6 is 0 Å². The van der Waals surface area contributed by atoms with Crippen molar-refractivity contribution in [2.24, 2.45) is 5.92 Å². The molecule has 2 rings (SSSR count). The highest BCUT2D eigenvalue weighted by molar-refractivity contribution is 6.27. The lowest BCUT2D eigenvalue weighted by atomic mass is 9.99. The van der Waals surface area contributed by atoms with Crippen molar-refractivity contribution in [2.75, 3.05) is 32.1 Å². The van der Waals surface area contributed by atoms with Gasteiger partial charge in [0.1, 0.15) is 5.75 Å². The van der Waals surface area contributed by atoms with Gasteiger partial charge in [0.2, 0.25) is 5.91 Å². The van der Waals surface area contributed by atoms with Crippen LogP contribution < -0.4 is 10.1 Å². The number of methoxy groups -OCH3 is 1. The van der Waals surface area contributed by atoms with Crippen LogP contribution in [0.3, 0.4) is 0 Å². The maximum Gasteiger partial charge on any atom is 0.414 e. The van der Waals surface area contributed by atoms with E-state index in [0.717, 1.165) is 37.0 Å². The number of carbonyl (C=O) groups is 3. The van der Waals surface area contributed by atoms with E-state index in [4.69, 9.17) is 24.5 Å². The Morgan fingerprint density at radius 2 is 1.65 bits per heavy atom. The van der Waals surface area contributed by atoms with Gasteiger partial charge in [-0.05, 0) is 56.1 Å². The number of ether oxygens (including phenoxy) is 1. The number of piperidine rings is 1. The molecule has 1 aliphatic rings. The summed E-state index contributed by atoms with van der Waals surface area (Å²) in [6.07, 6.45) is 3.06. The maximum absolute atomic E-state index is 11.9. The highest BCUT2D eigenvalue weighted by Crippen LogP contribution is 2.17. The normalized spacial score (nSPS) is 14.7. The van der Waals surface area contributed by atoms with E-state index in [9.17, 15) is 4.79 Å². The first-order chi connectivity index (χ1) is 12.3. The zero-order chi connectivity index (χ0) is 19.5. The molecule has 144 valence electrons. The zero-order valence-electron chi connectivity index (χ0n) is 15.1. The molecule has 1 aromatic rings. The Morgan fingerprint density at radius 3 is 2.12 bits per heavy atom. The third-order valence-corrected chi connectivity index (χ3v) is 4.09. The number of amides is 1. The summed E-state index contributed by atoms with van der Waals surface area (Å²) in [6, 6.07) is 7.42. The Bertz CT molecular complexity index is 582. The van der Waals surface area contributed by atoms with Crippen LogP contribution in [-0.4, -0.2) is 59.7 Å². The van der Waals surface area contributed by atoms with E-state index in [0.29, 0.717) is 6.42 Å². The monoisotopic (exact) mass is 366 g/mol. The van der Waals surface area contributed by atoms with Gasteiger partial charge in [0.15, 0.2) is 0 Å². The predicted octanol–water partition coefficient (Wildman–Crippen LogP) is 1.91. The molecule has 0 bridgehead atoms. The van der Waals surface area contributed by atoms with Gasteiger partial charge < -0.3 is 25.2 Å². The molecular formula is C18H26N2O6. The summed E-state index contributed by atoms with van der Waals surface area (Å²) in [5.74, 6) is -1.94. The van der Waals surface area contributed by atoms with Crippen molar-refractivity contribution < 1.29 is 29.3 Å². The van der Waals surface area contributed by atoms with Gasteiger partial charge in [-0.1, -0.05) is 6.92 Å². The Kier molecular flexibility index (Phi) is 9.14. The summed E-state index contributed by atoms with van der Waals surface area (Å²) in [7, 11) is 1.63. The molecule has 8 nitrogen and oxygen atoms in total. The van der Waals surface area contributed by atoms with Gasteiger partial charge in [0.05, 0.1) is 7.11 Å². The van der Waals surface area contributed by atoms with Crippen LogP contribution in [-0.2, 0) is 14.4 Å². The quantitative estimate of drug-likeness (QED) is 0.682. The molecule has 0 atom stereocenters. The van der Waals surface area contributed by atoms with Crippen molar-refractivity contribution >= 4 is 23.5 Å². The Labute approximate surface area is 152 Å². The summed E-state index contributed by atoms with van der Waals surface area (Å²) in [5.41, 5.74) is 0.822. The summed E-state index contributed by atoms with van der Waals surface area (Å²) in [4.78, 5) is 32.5. The molecule has 0 aliphatic carbocycles. The maximum atomic E-state index is 11.9. The fourth-order valence-corrected chi connectivity index (χ4v) is 2.44. The number of anilines is 1. The Balaban J connectivity index is 0.000000487. The SMILES string of the molecule is COc1ccc(NC(=O)CCN2CCC(C)CC2)cc1.O=C(O)C(=O)O. The summed E-state index contributed by atoms with van der Waals surface area (Å²) in [5, 5.41) is 17.7. The van der Waals surface area contributed by atoms with Crippen molar-refractivity contribution in [1.82, 2.24) is 4.90 Å². The minimum Gasteiger partial charge on any atom is -0.497 e. The average Bonchev–Trinajstić information content (AvgIpc) is 2.62. The molecule has 1 fully saturated rings. The number of nitrogens with one attached hydrogen (secondary N) is 1. The summed E-state index contributed by atoms with van der Waals surface area (Å²) >= 11 is 0. The van der Waals surface area contributed by atoms with Crippen molar-refractivity contribution in [3.8, 4) is 5.75 Å². The fourth-order valence-electron chi connectivity index (χ4n) is 2.44. The molecule has 1 heterocycles. The standard InChI is InChI=1S/C16H24N2O2.C2H2O4/c1-13-7-10-18(11-8-13)12-9-16(19)17-14-3-5-15(20-2)6-4-14;3-1(4)2(5)6/h3-6,13H,7-12H2,1-2H3,(H,17,19);(H,3,4)(H,5,6). The van der Waals surface area contributed by atoms with E-state index in [1.54, 1.807) is 7.11 Å². The van der Waals surface area contributed by atoms with E-state index in [1.165, 1.54) is 12.8 Å². The van der Waals surface area contributed by atoms with Crippen molar-refractivity contribution in [2.45, 2.75) is 26.2 Å².